The standard InChI is InChI=1S/C16H15F4N/c1-15(21,10-11-4-2-7-14(17)8-11)12-5-3-6-13(9-12)16(18,19)20/h2-9H,10,21H2,1H3. The maximum absolute atomic E-state index is 13.2. The van der Waals surface area contributed by atoms with Crippen LogP contribution in [0, 0.1) is 5.82 Å². The number of rotatable bonds is 3. The zero-order valence-electron chi connectivity index (χ0n) is 11.4. The molecular weight excluding hydrogens is 282 g/mol. The van der Waals surface area contributed by atoms with Crippen LogP contribution in [0.15, 0.2) is 48.5 Å². The summed E-state index contributed by atoms with van der Waals surface area (Å²) in [6.45, 7) is 1.63. The Bertz CT molecular complexity index is 632. The fourth-order valence-electron chi connectivity index (χ4n) is 2.22. The first-order chi connectivity index (χ1) is 9.68. The summed E-state index contributed by atoms with van der Waals surface area (Å²) in [5.41, 5.74) is 5.38. The SMILES string of the molecule is CC(N)(Cc1cccc(F)c1)c1cccc(C(F)(F)F)c1. The Labute approximate surface area is 120 Å². The topological polar surface area (TPSA) is 26.0 Å². The summed E-state index contributed by atoms with van der Waals surface area (Å²) in [4.78, 5) is 0. The third-order valence-electron chi connectivity index (χ3n) is 3.31. The maximum atomic E-state index is 13.2. The Hall–Kier alpha value is -1.88. The van der Waals surface area contributed by atoms with Gasteiger partial charge < -0.3 is 5.73 Å². The lowest BCUT2D eigenvalue weighted by atomic mass is 9.86. The van der Waals surface area contributed by atoms with Crippen molar-refractivity contribution >= 4 is 0 Å². The van der Waals surface area contributed by atoms with Gasteiger partial charge in [0.15, 0.2) is 0 Å². The van der Waals surface area contributed by atoms with E-state index in [1.54, 1.807) is 25.1 Å². The van der Waals surface area contributed by atoms with Gasteiger partial charge in [-0.3, -0.25) is 0 Å². The first-order valence-corrected chi connectivity index (χ1v) is 6.39. The minimum Gasteiger partial charge on any atom is -0.321 e. The van der Waals surface area contributed by atoms with Crippen LogP contribution in [0.1, 0.15) is 23.6 Å². The molecule has 1 nitrogen and oxygen atoms in total. The summed E-state index contributed by atoms with van der Waals surface area (Å²) in [6.07, 6.45) is -4.17. The largest absolute Gasteiger partial charge is 0.416 e. The molecule has 0 aliphatic heterocycles. The summed E-state index contributed by atoms with van der Waals surface area (Å²) < 4.78 is 51.4. The Balaban J connectivity index is 2.31. The monoisotopic (exact) mass is 297 g/mol. The quantitative estimate of drug-likeness (QED) is 0.842. The zero-order valence-corrected chi connectivity index (χ0v) is 11.4. The van der Waals surface area contributed by atoms with Crippen molar-refractivity contribution in [2.24, 2.45) is 5.73 Å². The molecule has 0 aliphatic rings. The number of hydrogen-bond donors (Lipinski definition) is 1. The molecule has 1 unspecified atom stereocenters. The van der Waals surface area contributed by atoms with Crippen LogP contribution in [0.25, 0.3) is 0 Å². The van der Waals surface area contributed by atoms with Gasteiger partial charge in [-0.1, -0.05) is 24.3 Å². The van der Waals surface area contributed by atoms with Gasteiger partial charge in [-0.15, -0.1) is 0 Å². The molecule has 0 bridgehead atoms. The predicted molar refractivity (Wildman–Crippen MR) is 73.1 cm³/mol. The Morgan fingerprint density at radius 2 is 1.57 bits per heavy atom. The van der Waals surface area contributed by atoms with Gasteiger partial charge in [0.05, 0.1) is 5.56 Å². The van der Waals surface area contributed by atoms with Gasteiger partial charge in [-0.2, -0.15) is 13.2 Å². The number of halogens is 4. The molecule has 2 aromatic carbocycles. The summed E-state index contributed by atoms with van der Waals surface area (Å²) in [5, 5.41) is 0. The van der Waals surface area contributed by atoms with Gasteiger partial charge in [0.25, 0.3) is 0 Å². The van der Waals surface area contributed by atoms with Gasteiger partial charge in [0.1, 0.15) is 5.82 Å². The van der Waals surface area contributed by atoms with Crippen LogP contribution < -0.4 is 5.73 Å². The van der Waals surface area contributed by atoms with E-state index >= 15 is 0 Å². The van der Waals surface area contributed by atoms with Crippen molar-refractivity contribution in [1.82, 2.24) is 0 Å². The van der Waals surface area contributed by atoms with Crippen molar-refractivity contribution in [3.63, 3.8) is 0 Å². The maximum Gasteiger partial charge on any atom is 0.416 e. The van der Waals surface area contributed by atoms with Gasteiger partial charge in [0.2, 0.25) is 0 Å². The normalized spacial score (nSPS) is 14.8. The Morgan fingerprint density at radius 3 is 2.19 bits per heavy atom. The van der Waals surface area contributed by atoms with Crippen molar-refractivity contribution in [2.75, 3.05) is 0 Å². The van der Waals surface area contributed by atoms with E-state index in [1.807, 2.05) is 0 Å². The molecule has 0 fully saturated rings. The number of hydrogen-bond acceptors (Lipinski definition) is 1. The third-order valence-corrected chi connectivity index (χ3v) is 3.31. The molecule has 0 heterocycles. The fourth-order valence-corrected chi connectivity index (χ4v) is 2.22. The average Bonchev–Trinajstić information content (AvgIpc) is 2.37. The molecule has 2 N–H and O–H groups in total. The number of benzene rings is 2. The van der Waals surface area contributed by atoms with Crippen LogP contribution in [0.4, 0.5) is 17.6 Å². The van der Waals surface area contributed by atoms with Crippen LogP contribution >= 0.6 is 0 Å². The molecular formula is C16H15F4N. The molecule has 0 aliphatic carbocycles. The van der Waals surface area contributed by atoms with E-state index in [0.29, 0.717) is 11.1 Å². The van der Waals surface area contributed by atoms with E-state index in [9.17, 15) is 17.6 Å². The average molecular weight is 297 g/mol. The smallest absolute Gasteiger partial charge is 0.321 e. The highest BCUT2D eigenvalue weighted by Gasteiger charge is 2.32. The molecule has 2 rings (SSSR count). The molecule has 0 saturated heterocycles. The van der Waals surface area contributed by atoms with Crippen LogP contribution in [-0.4, -0.2) is 0 Å². The van der Waals surface area contributed by atoms with E-state index < -0.39 is 23.1 Å². The zero-order chi connectivity index (χ0) is 15.7. The highest BCUT2D eigenvalue weighted by Crippen LogP contribution is 2.32. The molecule has 0 radical (unpaired) electrons. The van der Waals surface area contributed by atoms with Gasteiger partial charge in [-0.05, 0) is 48.7 Å². The predicted octanol–water partition coefficient (Wildman–Crippen LogP) is 4.26. The molecule has 0 saturated carbocycles. The van der Waals surface area contributed by atoms with Crippen LogP contribution in [0.5, 0.6) is 0 Å². The molecule has 0 spiro atoms. The van der Waals surface area contributed by atoms with Crippen molar-refractivity contribution in [3.05, 3.63) is 71.0 Å². The molecule has 21 heavy (non-hydrogen) atoms. The van der Waals surface area contributed by atoms with E-state index in [4.69, 9.17) is 5.73 Å². The van der Waals surface area contributed by atoms with E-state index in [2.05, 4.69) is 0 Å². The fraction of sp³-hybridized carbons (Fsp3) is 0.250. The second kappa shape index (κ2) is 5.48. The summed E-state index contributed by atoms with van der Waals surface area (Å²) in [7, 11) is 0. The minimum absolute atomic E-state index is 0.242. The molecule has 5 heteroatoms. The Kier molecular flexibility index (Phi) is 4.05. The minimum atomic E-state index is -4.41. The first kappa shape index (κ1) is 15.5. The lowest BCUT2D eigenvalue weighted by molar-refractivity contribution is -0.137. The van der Waals surface area contributed by atoms with Crippen molar-refractivity contribution < 1.29 is 17.6 Å². The van der Waals surface area contributed by atoms with Crippen molar-refractivity contribution in [2.45, 2.75) is 25.1 Å². The van der Waals surface area contributed by atoms with Crippen LogP contribution in [0.3, 0.4) is 0 Å². The molecule has 2 aromatic rings. The van der Waals surface area contributed by atoms with Crippen molar-refractivity contribution in [1.29, 1.82) is 0 Å². The molecule has 112 valence electrons. The summed E-state index contributed by atoms with van der Waals surface area (Å²) >= 11 is 0. The lowest BCUT2D eigenvalue weighted by Gasteiger charge is -2.26. The summed E-state index contributed by atoms with van der Waals surface area (Å²) in [6, 6.07) is 10.8. The highest BCUT2D eigenvalue weighted by atomic mass is 19.4. The van der Waals surface area contributed by atoms with Gasteiger partial charge in [0, 0.05) is 5.54 Å². The second-order valence-corrected chi connectivity index (χ2v) is 5.30. The molecule has 1 atom stereocenters. The number of nitrogens with two attached hydrogens (primary N) is 1. The highest BCUT2D eigenvalue weighted by molar-refractivity contribution is 5.32. The lowest BCUT2D eigenvalue weighted by Crippen LogP contribution is -2.35. The second-order valence-electron chi connectivity index (χ2n) is 5.30. The van der Waals surface area contributed by atoms with Crippen LogP contribution in [0.2, 0.25) is 0 Å². The van der Waals surface area contributed by atoms with Crippen molar-refractivity contribution in [3.8, 4) is 0 Å². The molecule has 0 amide bonds. The Morgan fingerprint density at radius 1 is 0.952 bits per heavy atom. The summed E-state index contributed by atoms with van der Waals surface area (Å²) in [5.74, 6) is -0.396. The number of alkyl halides is 3. The molecule has 0 aromatic heterocycles. The van der Waals surface area contributed by atoms with Gasteiger partial charge in [-0.25, -0.2) is 4.39 Å². The van der Waals surface area contributed by atoms with Gasteiger partial charge >= 0.3 is 6.18 Å². The van der Waals surface area contributed by atoms with E-state index in [0.717, 1.165) is 12.1 Å². The van der Waals surface area contributed by atoms with E-state index in [-0.39, 0.29) is 6.42 Å². The van der Waals surface area contributed by atoms with E-state index in [1.165, 1.54) is 18.2 Å². The van der Waals surface area contributed by atoms with Crippen LogP contribution in [-0.2, 0) is 18.1 Å². The third kappa shape index (κ3) is 3.82. The first-order valence-electron chi connectivity index (χ1n) is 6.39.